The molecule has 0 bridgehead atoms. The van der Waals surface area contributed by atoms with Crippen LogP contribution in [0.3, 0.4) is 0 Å². The first kappa shape index (κ1) is 24.5. The fourth-order valence-electron chi connectivity index (χ4n) is 4.22. The van der Waals surface area contributed by atoms with Crippen LogP contribution in [0, 0.1) is 23.1 Å². The van der Waals surface area contributed by atoms with Crippen LogP contribution in [0.2, 0.25) is 0 Å². The Balaban J connectivity index is 1.57. The molecule has 1 saturated heterocycles. The molecule has 184 valence electrons. The van der Waals surface area contributed by atoms with Crippen molar-refractivity contribution in [2.24, 2.45) is 4.99 Å². The van der Waals surface area contributed by atoms with Crippen LogP contribution in [0.4, 0.5) is 14.6 Å². The number of nitrogen functional groups attached to an aromatic ring is 1. The van der Waals surface area contributed by atoms with E-state index < -0.39 is 23.0 Å². The molecule has 3 N–H and O–H groups in total. The van der Waals surface area contributed by atoms with Gasteiger partial charge in [-0.2, -0.15) is 5.26 Å². The lowest BCUT2D eigenvalue weighted by Crippen LogP contribution is -2.51. The van der Waals surface area contributed by atoms with Crippen LogP contribution < -0.4 is 15.8 Å². The summed E-state index contributed by atoms with van der Waals surface area (Å²) in [6, 6.07) is 12.3. The third kappa shape index (κ3) is 5.38. The predicted octanol–water partition coefficient (Wildman–Crippen LogP) is 3.02. The van der Waals surface area contributed by atoms with Crippen LogP contribution in [0.15, 0.2) is 65.9 Å². The number of aromatic nitrogens is 2. The van der Waals surface area contributed by atoms with Gasteiger partial charge in [0.05, 0.1) is 0 Å². The predicted molar refractivity (Wildman–Crippen MR) is 128 cm³/mol. The molecule has 9 nitrogen and oxygen atoms in total. The van der Waals surface area contributed by atoms with Crippen molar-refractivity contribution in [2.75, 3.05) is 25.4 Å². The second-order valence-electron chi connectivity index (χ2n) is 8.27. The van der Waals surface area contributed by atoms with Gasteiger partial charge >= 0.3 is 6.02 Å². The van der Waals surface area contributed by atoms with Gasteiger partial charge in [0, 0.05) is 37.4 Å². The molecule has 4 rings (SSSR count). The number of ether oxygens (including phenoxy) is 1. The summed E-state index contributed by atoms with van der Waals surface area (Å²) in [4.78, 5) is 26.1. The zero-order chi connectivity index (χ0) is 25.5. The Morgan fingerprint density at radius 3 is 2.58 bits per heavy atom. The third-order valence-electron chi connectivity index (χ3n) is 6.12. The molecule has 3 aromatic rings. The maximum atomic E-state index is 14.9. The number of nitriles is 1. The van der Waals surface area contributed by atoms with Gasteiger partial charge in [0.25, 0.3) is 5.91 Å². The number of halogens is 2. The molecule has 0 aliphatic carbocycles. The summed E-state index contributed by atoms with van der Waals surface area (Å²) in [6.07, 6.45) is 5.08. The summed E-state index contributed by atoms with van der Waals surface area (Å²) < 4.78 is 34.9. The number of carbonyl (C=O) groups excluding carboxylic acids is 1. The fourth-order valence-corrected chi connectivity index (χ4v) is 4.22. The van der Waals surface area contributed by atoms with Gasteiger partial charge in [-0.25, -0.2) is 18.7 Å². The maximum absolute atomic E-state index is 14.9. The monoisotopic (exact) mass is 491 g/mol. The first-order valence-electron chi connectivity index (χ1n) is 11.2. The number of hydrogen-bond donors (Lipinski definition) is 2. The molecule has 0 saturated carbocycles. The Morgan fingerprint density at radius 1 is 1.17 bits per heavy atom. The number of carbonyl (C=O) groups is 1. The van der Waals surface area contributed by atoms with Gasteiger partial charge in [-0.15, -0.1) is 4.99 Å². The number of piperidine rings is 1. The fraction of sp³-hybridized carbons (Fsp3) is 0.240. The van der Waals surface area contributed by atoms with E-state index in [1.165, 1.54) is 12.4 Å². The smallest absolute Gasteiger partial charge is 0.308 e. The molecule has 2 aromatic carbocycles. The maximum Gasteiger partial charge on any atom is 0.308 e. The van der Waals surface area contributed by atoms with Gasteiger partial charge < -0.3 is 20.7 Å². The highest BCUT2D eigenvalue weighted by atomic mass is 19.1. The average Bonchev–Trinajstić information content (AvgIpc) is 2.90. The molecule has 0 atom stereocenters. The minimum Gasteiger partial charge on any atom is -0.425 e. The summed E-state index contributed by atoms with van der Waals surface area (Å²) in [5.41, 5.74) is 4.91. The Kier molecular flexibility index (Phi) is 7.34. The largest absolute Gasteiger partial charge is 0.425 e. The van der Waals surface area contributed by atoms with Gasteiger partial charge in [-0.05, 0) is 48.7 Å². The molecule has 1 fully saturated rings. The first-order valence-corrected chi connectivity index (χ1v) is 11.2. The van der Waals surface area contributed by atoms with Gasteiger partial charge in [0.1, 0.15) is 17.4 Å². The molecular formula is C25H23F2N7O2. The van der Waals surface area contributed by atoms with Gasteiger partial charge in [0.2, 0.25) is 6.19 Å². The second kappa shape index (κ2) is 10.8. The van der Waals surface area contributed by atoms with Crippen LogP contribution in [0.25, 0.3) is 0 Å². The second-order valence-corrected chi connectivity index (χ2v) is 8.27. The number of amides is 1. The molecule has 0 unspecified atom stereocenters. The van der Waals surface area contributed by atoms with Crippen LogP contribution in [0.1, 0.15) is 28.9 Å². The highest BCUT2D eigenvalue weighted by Gasteiger charge is 2.40. The first-order chi connectivity index (χ1) is 17.4. The number of rotatable bonds is 5. The number of aliphatic imine (C=N–C) groups is 1. The van der Waals surface area contributed by atoms with Crippen LogP contribution >= 0.6 is 0 Å². The lowest BCUT2D eigenvalue weighted by molar-refractivity contribution is 0.0925. The quantitative estimate of drug-likeness (QED) is 0.319. The number of amidine groups is 1. The number of nitrogens with one attached hydrogen (secondary N) is 1. The molecule has 1 aliphatic rings. The van der Waals surface area contributed by atoms with E-state index in [1.54, 1.807) is 35.4 Å². The van der Waals surface area contributed by atoms with E-state index in [0.717, 1.165) is 18.2 Å². The highest BCUT2D eigenvalue weighted by Crippen LogP contribution is 2.37. The van der Waals surface area contributed by atoms with E-state index in [0.29, 0.717) is 31.7 Å². The number of para-hydroxylation sites is 1. The zero-order valence-electron chi connectivity index (χ0n) is 19.2. The lowest BCUT2D eigenvalue weighted by atomic mass is 9.72. The van der Waals surface area contributed by atoms with Gasteiger partial charge in [-0.1, -0.05) is 18.2 Å². The number of nitrogens with two attached hydrogens (primary N) is 1. The van der Waals surface area contributed by atoms with Crippen LogP contribution in [0.5, 0.6) is 5.75 Å². The lowest BCUT2D eigenvalue weighted by Gasteiger charge is -2.42. The molecule has 1 aromatic heterocycles. The van der Waals surface area contributed by atoms with Crippen LogP contribution in [-0.2, 0) is 5.41 Å². The Labute approximate surface area is 206 Å². The zero-order valence-corrected chi connectivity index (χ0v) is 19.2. The number of nitrogens with zero attached hydrogens (tertiary/aromatic N) is 5. The van der Waals surface area contributed by atoms with E-state index in [4.69, 9.17) is 15.7 Å². The normalized spacial score (nSPS) is 15.1. The molecule has 0 spiro atoms. The Morgan fingerprint density at radius 2 is 1.89 bits per heavy atom. The summed E-state index contributed by atoms with van der Waals surface area (Å²) in [7, 11) is 0. The van der Waals surface area contributed by atoms with Crippen LogP contribution in [-0.4, -0.2) is 46.4 Å². The third-order valence-corrected chi connectivity index (χ3v) is 6.12. The molecule has 1 aliphatic heterocycles. The van der Waals surface area contributed by atoms with E-state index in [1.807, 2.05) is 6.07 Å². The molecule has 0 radical (unpaired) electrons. The average molecular weight is 492 g/mol. The highest BCUT2D eigenvalue weighted by molar-refractivity contribution is 5.96. The van der Waals surface area contributed by atoms with E-state index in [2.05, 4.69) is 20.3 Å². The molecule has 36 heavy (non-hydrogen) atoms. The molecule has 11 heteroatoms. The summed E-state index contributed by atoms with van der Waals surface area (Å²) in [5.74, 6) is -1.26. The van der Waals surface area contributed by atoms with Crippen molar-refractivity contribution in [1.29, 1.82) is 5.26 Å². The van der Waals surface area contributed by atoms with Crippen molar-refractivity contribution in [3.8, 4) is 11.9 Å². The van der Waals surface area contributed by atoms with Crippen molar-refractivity contribution in [2.45, 2.75) is 18.3 Å². The Bertz CT molecular complexity index is 1300. The molecular weight excluding hydrogens is 468 g/mol. The standard InChI is InChI=1S/C25H23F2N7O2/c26-17-6-7-20(27)19(14-17)25(15-32-23(35)21-22(29)31-11-10-30-21)8-12-34(13-9-25)24(33-16-28)36-18-4-2-1-3-5-18/h1-7,10-11,14H,8-9,12-13,15H2,(H2,29,31)(H,32,35). The van der Waals surface area contributed by atoms with E-state index in [9.17, 15) is 13.6 Å². The minimum atomic E-state index is -0.945. The number of hydrogen-bond acceptors (Lipinski definition) is 7. The van der Waals surface area contributed by atoms with Gasteiger partial charge in [-0.3, -0.25) is 4.79 Å². The van der Waals surface area contributed by atoms with Crippen molar-refractivity contribution >= 4 is 17.7 Å². The molecule has 1 amide bonds. The Hall–Kier alpha value is -4.59. The van der Waals surface area contributed by atoms with Crippen molar-refractivity contribution in [3.63, 3.8) is 0 Å². The van der Waals surface area contributed by atoms with E-state index >= 15 is 0 Å². The van der Waals surface area contributed by atoms with Crippen molar-refractivity contribution in [3.05, 3.63) is 83.8 Å². The van der Waals surface area contributed by atoms with Crippen molar-refractivity contribution in [1.82, 2.24) is 20.2 Å². The summed E-state index contributed by atoms with van der Waals surface area (Å²) >= 11 is 0. The number of benzene rings is 2. The molecule has 2 heterocycles. The summed E-state index contributed by atoms with van der Waals surface area (Å²) in [5, 5.41) is 11.9. The topological polar surface area (TPSA) is 130 Å². The summed E-state index contributed by atoms with van der Waals surface area (Å²) in [6.45, 7) is 0.624. The van der Waals surface area contributed by atoms with E-state index in [-0.39, 0.29) is 29.6 Å². The number of anilines is 1. The van der Waals surface area contributed by atoms with Crippen molar-refractivity contribution < 1.29 is 18.3 Å². The van der Waals surface area contributed by atoms with Gasteiger partial charge in [0.15, 0.2) is 11.5 Å². The minimum absolute atomic E-state index is 0.000327. The number of likely N-dealkylation sites (tertiary alicyclic amines) is 1. The SMILES string of the molecule is N#CN=C(Oc1ccccc1)N1CCC(CNC(=O)c2nccnc2N)(c2cc(F)ccc2F)CC1.